The molecule has 0 saturated carbocycles. The molecule has 18 heavy (non-hydrogen) atoms. The molecule has 0 bridgehead atoms. The molecule has 0 spiro atoms. The standard InChI is InChI=1S/C13H15N3OS/c1-7-4-5-10(8(2)6-7)15-13-16-12(14)11(18-13)9(3)17/h4-6H,14H2,1-3H3,(H,15,16). The first-order chi connectivity index (χ1) is 8.47. The lowest BCUT2D eigenvalue weighted by molar-refractivity contribution is 0.102. The van der Waals surface area contributed by atoms with Gasteiger partial charge in [0.25, 0.3) is 0 Å². The van der Waals surface area contributed by atoms with E-state index in [1.54, 1.807) is 0 Å². The van der Waals surface area contributed by atoms with Crippen LogP contribution < -0.4 is 11.1 Å². The zero-order valence-electron chi connectivity index (χ0n) is 10.6. The number of aromatic nitrogens is 1. The van der Waals surface area contributed by atoms with Gasteiger partial charge in [-0.15, -0.1) is 0 Å². The van der Waals surface area contributed by atoms with E-state index in [2.05, 4.69) is 16.4 Å². The largest absolute Gasteiger partial charge is 0.382 e. The Kier molecular flexibility index (Phi) is 3.34. The van der Waals surface area contributed by atoms with Gasteiger partial charge in [-0.3, -0.25) is 4.79 Å². The summed E-state index contributed by atoms with van der Waals surface area (Å²) in [6.45, 7) is 5.56. The van der Waals surface area contributed by atoms with Gasteiger partial charge in [-0.05, 0) is 25.5 Å². The molecule has 94 valence electrons. The molecule has 2 rings (SSSR count). The minimum Gasteiger partial charge on any atom is -0.382 e. The van der Waals surface area contributed by atoms with Gasteiger partial charge < -0.3 is 11.1 Å². The fourth-order valence-corrected chi connectivity index (χ4v) is 2.50. The first-order valence-corrected chi connectivity index (χ1v) is 6.40. The van der Waals surface area contributed by atoms with E-state index in [1.165, 1.54) is 23.8 Å². The number of Topliss-reactive ketones (excluding diaryl/α,β-unsaturated/α-hetero) is 1. The van der Waals surface area contributed by atoms with Gasteiger partial charge in [-0.1, -0.05) is 29.0 Å². The number of ketones is 1. The van der Waals surface area contributed by atoms with Crippen molar-refractivity contribution in [1.82, 2.24) is 4.98 Å². The molecule has 0 aliphatic heterocycles. The molecule has 0 amide bonds. The van der Waals surface area contributed by atoms with Gasteiger partial charge in [0, 0.05) is 12.6 Å². The number of aryl methyl sites for hydroxylation is 2. The van der Waals surface area contributed by atoms with Crippen LogP contribution in [0, 0.1) is 13.8 Å². The van der Waals surface area contributed by atoms with E-state index in [4.69, 9.17) is 5.73 Å². The van der Waals surface area contributed by atoms with Crippen molar-refractivity contribution in [3.05, 3.63) is 34.2 Å². The highest BCUT2D eigenvalue weighted by atomic mass is 32.1. The number of anilines is 3. The molecular weight excluding hydrogens is 246 g/mol. The monoisotopic (exact) mass is 261 g/mol. The molecule has 4 nitrogen and oxygen atoms in total. The molecule has 1 aromatic heterocycles. The molecule has 1 heterocycles. The third-order valence-corrected chi connectivity index (χ3v) is 3.68. The van der Waals surface area contributed by atoms with Gasteiger partial charge >= 0.3 is 0 Å². The molecular formula is C13H15N3OS. The minimum absolute atomic E-state index is 0.0568. The summed E-state index contributed by atoms with van der Waals surface area (Å²) in [5.41, 5.74) is 9.01. The zero-order chi connectivity index (χ0) is 13.3. The Bertz CT molecular complexity index is 604. The normalized spacial score (nSPS) is 10.4. The number of thiazole rings is 1. The molecule has 0 saturated heterocycles. The number of rotatable bonds is 3. The van der Waals surface area contributed by atoms with Crippen LogP contribution in [0.4, 0.5) is 16.6 Å². The second kappa shape index (κ2) is 4.78. The van der Waals surface area contributed by atoms with Crippen molar-refractivity contribution in [3.63, 3.8) is 0 Å². The van der Waals surface area contributed by atoms with E-state index in [0.29, 0.717) is 15.8 Å². The predicted molar refractivity (Wildman–Crippen MR) is 75.7 cm³/mol. The average Bonchev–Trinajstić information content (AvgIpc) is 2.64. The molecule has 1 aromatic carbocycles. The second-order valence-electron chi connectivity index (χ2n) is 4.23. The Hall–Kier alpha value is -1.88. The minimum atomic E-state index is -0.0568. The van der Waals surface area contributed by atoms with Crippen molar-refractivity contribution in [1.29, 1.82) is 0 Å². The van der Waals surface area contributed by atoms with Crippen molar-refractivity contribution in [2.45, 2.75) is 20.8 Å². The van der Waals surface area contributed by atoms with Crippen LogP contribution in [-0.4, -0.2) is 10.8 Å². The molecule has 0 radical (unpaired) electrons. The van der Waals surface area contributed by atoms with E-state index in [1.807, 2.05) is 26.0 Å². The van der Waals surface area contributed by atoms with Crippen LogP contribution in [-0.2, 0) is 0 Å². The average molecular weight is 261 g/mol. The third-order valence-electron chi connectivity index (χ3n) is 2.60. The highest BCUT2D eigenvalue weighted by molar-refractivity contribution is 7.18. The highest BCUT2D eigenvalue weighted by Crippen LogP contribution is 2.29. The van der Waals surface area contributed by atoms with Crippen LogP contribution in [0.5, 0.6) is 0 Å². The molecule has 0 fully saturated rings. The van der Waals surface area contributed by atoms with Crippen molar-refractivity contribution >= 4 is 33.8 Å². The lowest BCUT2D eigenvalue weighted by Gasteiger charge is -2.07. The molecule has 0 atom stereocenters. The summed E-state index contributed by atoms with van der Waals surface area (Å²) in [5.74, 6) is 0.235. The Balaban J connectivity index is 2.29. The quantitative estimate of drug-likeness (QED) is 0.832. The number of hydrogen-bond donors (Lipinski definition) is 2. The van der Waals surface area contributed by atoms with Crippen LogP contribution in [0.25, 0.3) is 0 Å². The summed E-state index contributed by atoms with van der Waals surface area (Å²) >= 11 is 1.28. The van der Waals surface area contributed by atoms with E-state index in [-0.39, 0.29) is 5.78 Å². The number of nitrogen functional groups attached to an aromatic ring is 1. The van der Waals surface area contributed by atoms with E-state index < -0.39 is 0 Å². The van der Waals surface area contributed by atoms with Crippen LogP contribution in [0.15, 0.2) is 18.2 Å². The Morgan fingerprint density at radius 2 is 2.11 bits per heavy atom. The van der Waals surface area contributed by atoms with Crippen LogP contribution in [0.1, 0.15) is 27.7 Å². The van der Waals surface area contributed by atoms with Gasteiger partial charge in [-0.2, -0.15) is 0 Å². The molecule has 2 aromatic rings. The van der Waals surface area contributed by atoms with E-state index in [0.717, 1.165) is 11.3 Å². The number of nitrogens with two attached hydrogens (primary N) is 1. The fraction of sp³-hybridized carbons (Fsp3) is 0.231. The number of carbonyl (C=O) groups excluding carboxylic acids is 1. The van der Waals surface area contributed by atoms with Crippen molar-refractivity contribution in [2.75, 3.05) is 11.1 Å². The van der Waals surface area contributed by atoms with Crippen LogP contribution in [0.2, 0.25) is 0 Å². The second-order valence-corrected chi connectivity index (χ2v) is 5.23. The lowest BCUT2D eigenvalue weighted by Crippen LogP contribution is -1.95. The summed E-state index contributed by atoms with van der Waals surface area (Å²) in [5, 5.41) is 3.83. The number of nitrogens with one attached hydrogen (secondary N) is 1. The van der Waals surface area contributed by atoms with Crippen LogP contribution in [0.3, 0.4) is 0 Å². The van der Waals surface area contributed by atoms with Gasteiger partial charge in [0.15, 0.2) is 10.9 Å². The summed E-state index contributed by atoms with van der Waals surface area (Å²) in [6, 6.07) is 6.11. The number of hydrogen-bond acceptors (Lipinski definition) is 5. The molecule has 5 heteroatoms. The lowest BCUT2D eigenvalue weighted by atomic mass is 10.1. The number of nitrogens with zero attached hydrogens (tertiary/aromatic N) is 1. The van der Waals surface area contributed by atoms with Gasteiger partial charge in [-0.25, -0.2) is 4.98 Å². The predicted octanol–water partition coefficient (Wildman–Crippen LogP) is 3.29. The SMILES string of the molecule is CC(=O)c1sc(Nc2ccc(C)cc2C)nc1N. The maximum atomic E-state index is 11.3. The molecule has 0 aliphatic carbocycles. The van der Waals surface area contributed by atoms with Gasteiger partial charge in [0.2, 0.25) is 0 Å². The van der Waals surface area contributed by atoms with E-state index in [9.17, 15) is 4.79 Å². The topological polar surface area (TPSA) is 68.0 Å². The maximum Gasteiger partial charge on any atom is 0.189 e. The third kappa shape index (κ3) is 2.51. The number of benzene rings is 1. The van der Waals surface area contributed by atoms with Crippen LogP contribution >= 0.6 is 11.3 Å². The van der Waals surface area contributed by atoms with Gasteiger partial charge in [0.05, 0.1) is 0 Å². The smallest absolute Gasteiger partial charge is 0.189 e. The Labute approximate surface area is 110 Å². The summed E-state index contributed by atoms with van der Waals surface area (Å²) in [7, 11) is 0. The van der Waals surface area contributed by atoms with Crippen molar-refractivity contribution in [3.8, 4) is 0 Å². The first-order valence-electron chi connectivity index (χ1n) is 5.59. The van der Waals surface area contributed by atoms with E-state index >= 15 is 0 Å². The Morgan fingerprint density at radius 3 is 2.67 bits per heavy atom. The maximum absolute atomic E-state index is 11.3. The summed E-state index contributed by atoms with van der Waals surface area (Å²) < 4.78 is 0. The number of carbonyl (C=O) groups is 1. The Morgan fingerprint density at radius 1 is 1.39 bits per heavy atom. The fourth-order valence-electron chi connectivity index (χ4n) is 1.71. The molecule has 3 N–H and O–H groups in total. The van der Waals surface area contributed by atoms with Gasteiger partial charge in [0.1, 0.15) is 10.7 Å². The molecule has 0 aliphatic rings. The summed E-state index contributed by atoms with van der Waals surface area (Å²) in [6.07, 6.45) is 0. The molecule has 0 unspecified atom stereocenters. The zero-order valence-corrected chi connectivity index (χ0v) is 11.4. The summed E-state index contributed by atoms with van der Waals surface area (Å²) in [4.78, 5) is 16.0. The van der Waals surface area contributed by atoms with Crippen molar-refractivity contribution < 1.29 is 4.79 Å². The highest BCUT2D eigenvalue weighted by Gasteiger charge is 2.12. The first kappa shape index (κ1) is 12.6. The van der Waals surface area contributed by atoms with Crippen molar-refractivity contribution in [2.24, 2.45) is 0 Å².